The maximum Gasteiger partial charge on any atom is 0.344 e. The van der Waals surface area contributed by atoms with Crippen molar-refractivity contribution in [1.29, 1.82) is 0 Å². The average molecular weight is 494 g/mol. The lowest BCUT2D eigenvalue weighted by atomic mass is 10.0. The van der Waals surface area contributed by atoms with Gasteiger partial charge in [0.2, 0.25) is 0 Å². The Morgan fingerprint density at radius 2 is 1.91 bits per heavy atom. The number of amides is 1. The Morgan fingerprint density at radius 1 is 1.14 bits per heavy atom. The van der Waals surface area contributed by atoms with Crippen LogP contribution in [0.3, 0.4) is 0 Å². The van der Waals surface area contributed by atoms with Crippen molar-refractivity contribution in [2.75, 3.05) is 38.1 Å². The molecule has 1 amide bonds. The lowest BCUT2D eigenvalue weighted by Gasteiger charge is -2.22. The van der Waals surface area contributed by atoms with E-state index >= 15 is 0 Å². The quantitative estimate of drug-likeness (QED) is 0.511. The van der Waals surface area contributed by atoms with Gasteiger partial charge in [-0.2, -0.15) is 20.0 Å². The van der Waals surface area contributed by atoms with E-state index in [-0.39, 0.29) is 6.03 Å². The van der Waals surface area contributed by atoms with Gasteiger partial charge in [0.05, 0.1) is 30.5 Å². The molecule has 10 heteroatoms. The van der Waals surface area contributed by atoms with Crippen molar-refractivity contribution in [1.82, 2.24) is 29.8 Å². The molecule has 182 valence electrons. The molecule has 3 aromatic rings. The molecular weight excluding hydrogens is 466 g/mol. The molecule has 2 aromatic heterocycles. The summed E-state index contributed by atoms with van der Waals surface area (Å²) < 4.78 is 7.22. The molecule has 0 saturated carbocycles. The number of halogens is 1. The van der Waals surface area contributed by atoms with Crippen molar-refractivity contribution in [3.63, 3.8) is 0 Å². The Morgan fingerprint density at radius 3 is 2.57 bits per heavy atom. The van der Waals surface area contributed by atoms with E-state index in [0.717, 1.165) is 49.7 Å². The normalized spacial score (nSPS) is 19.6. The lowest BCUT2D eigenvalue weighted by Crippen LogP contribution is -2.36. The highest BCUT2D eigenvalue weighted by Crippen LogP contribution is 2.34. The van der Waals surface area contributed by atoms with Crippen molar-refractivity contribution < 1.29 is 9.53 Å². The number of benzene rings is 1. The number of likely N-dealkylation sites (tertiary alicyclic amines) is 2. The van der Waals surface area contributed by atoms with Crippen LogP contribution in [-0.4, -0.2) is 69.0 Å². The molecule has 2 aliphatic heterocycles. The van der Waals surface area contributed by atoms with E-state index in [0.29, 0.717) is 28.4 Å². The maximum atomic E-state index is 13.0. The zero-order valence-electron chi connectivity index (χ0n) is 19.8. The van der Waals surface area contributed by atoms with Gasteiger partial charge in [-0.25, -0.2) is 4.79 Å². The summed E-state index contributed by atoms with van der Waals surface area (Å²) in [4.78, 5) is 19.2. The number of anilines is 1. The highest BCUT2D eigenvalue weighted by Gasteiger charge is 2.42. The van der Waals surface area contributed by atoms with Gasteiger partial charge in [0.15, 0.2) is 0 Å². The molecule has 5 rings (SSSR count). The summed E-state index contributed by atoms with van der Waals surface area (Å²) in [6, 6.07) is 7.43. The molecule has 0 aliphatic carbocycles. The third kappa shape index (κ3) is 5.01. The zero-order chi connectivity index (χ0) is 24.5. The SMILES string of the molecule is C=C(C)N(C)c1cnn(C(=O)N2CC3CN(Cc4ccc(Oc5ccnnc5)cc4Cl)CC3C2)c1. The van der Waals surface area contributed by atoms with Gasteiger partial charge in [0.1, 0.15) is 11.5 Å². The Labute approximate surface area is 209 Å². The van der Waals surface area contributed by atoms with Crippen LogP contribution in [0.15, 0.2) is 61.3 Å². The lowest BCUT2D eigenvalue weighted by molar-refractivity contribution is 0.197. The minimum absolute atomic E-state index is 0.0738. The van der Waals surface area contributed by atoms with E-state index in [1.54, 1.807) is 30.9 Å². The van der Waals surface area contributed by atoms with Gasteiger partial charge in [-0.3, -0.25) is 4.90 Å². The number of nitrogens with zero attached hydrogens (tertiary/aromatic N) is 7. The van der Waals surface area contributed by atoms with Crippen LogP contribution >= 0.6 is 11.6 Å². The van der Waals surface area contributed by atoms with E-state index < -0.39 is 0 Å². The van der Waals surface area contributed by atoms with Gasteiger partial charge in [-0.05, 0) is 36.5 Å². The zero-order valence-corrected chi connectivity index (χ0v) is 20.6. The number of aromatic nitrogens is 4. The monoisotopic (exact) mass is 493 g/mol. The molecular formula is C25H28ClN7O2. The molecule has 2 saturated heterocycles. The highest BCUT2D eigenvalue weighted by molar-refractivity contribution is 6.31. The second-order valence-electron chi connectivity index (χ2n) is 9.27. The van der Waals surface area contributed by atoms with Gasteiger partial charge in [-0.15, -0.1) is 0 Å². The smallest absolute Gasteiger partial charge is 0.344 e. The van der Waals surface area contributed by atoms with Crippen LogP contribution in [0.4, 0.5) is 10.5 Å². The van der Waals surface area contributed by atoms with Gasteiger partial charge < -0.3 is 14.5 Å². The Kier molecular flexibility index (Phi) is 6.44. The molecule has 2 atom stereocenters. The summed E-state index contributed by atoms with van der Waals surface area (Å²) in [6.45, 7) is 9.99. The number of allylic oxidation sites excluding steroid dienone is 1. The molecule has 35 heavy (non-hydrogen) atoms. The number of rotatable bonds is 6. The summed E-state index contributed by atoms with van der Waals surface area (Å²) >= 11 is 6.56. The molecule has 2 fully saturated rings. The van der Waals surface area contributed by atoms with E-state index in [2.05, 4.69) is 26.8 Å². The fourth-order valence-electron chi connectivity index (χ4n) is 4.77. The van der Waals surface area contributed by atoms with E-state index in [1.807, 2.05) is 42.0 Å². The van der Waals surface area contributed by atoms with Crippen LogP contribution in [-0.2, 0) is 6.54 Å². The Balaban J connectivity index is 1.16. The standard InChI is InChI=1S/C25H28ClN7O2/c1-17(2)30(3)21-9-29-33(16-21)25(34)32-14-19-12-31(13-20(19)15-32)11-18-4-5-22(8-24(18)26)35-23-6-7-27-28-10-23/h4-10,16,19-20H,1,11-15H2,2-3H3. The van der Waals surface area contributed by atoms with Crippen LogP contribution in [0.1, 0.15) is 12.5 Å². The number of carbonyl (C=O) groups is 1. The maximum absolute atomic E-state index is 13.0. The van der Waals surface area contributed by atoms with E-state index in [1.165, 1.54) is 4.68 Å². The largest absolute Gasteiger partial charge is 0.456 e. The first-order valence-corrected chi connectivity index (χ1v) is 11.9. The fourth-order valence-corrected chi connectivity index (χ4v) is 5.00. The van der Waals surface area contributed by atoms with Gasteiger partial charge in [-0.1, -0.05) is 24.2 Å². The second kappa shape index (κ2) is 9.67. The first kappa shape index (κ1) is 23.3. The predicted octanol–water partition coefficient (Wildman–Crippen LogP) is 4.12. The van der Waals surface area contributed by atoms with E-state index in [4.69, 9.17) is 16.3 Å². The van der Waals surface area contributed by atoms with Crippen molar-refractivity contribution in [2.45, 2.75) is 13.5 Å². The summed E-state index contributed by atoms with van der Waals surface area (Å²) in [6.07, 6.45) is 6.60. The molecule has 0 N–H and O–H groups in total. The minimum atomic E-state index is -0.0738. The van der Waals surface area contributed by atoms with E-state index in [9.17, 15) is 4.79 Å². The Hall–Kier alpha value is -3.43. The molecule has 0 radical (unpaired) electrons. The topological polar surface area (TPSA) is 79.6 Å². The number of hydrogen-bond acceptors (Lipinski definition) is 7. The third-order valence-corrected chi connectivity index (χ3v) is 7.12. The molecule has 4 heterocycles. The molecule has 0 spiro atoms. The van der Waals surface area contributed by atoms with Crippen molar-refractivity contribution in [2.24, 2.45) is 11.8 Å². The third-order valence-electron chi connectivity index (χ3n) is 6.77. The van der Waals surface area contributed by atoms with Crippen LogP contribution in [0, 0.1) is 11.8 Å². The van der Waals surface area contributed by atoms with Gasteiger partial charge in [0.25, 0.3) is 0 Å². The van der Waals surface area contributed by atoms with Gasteiger partial charge in [0, 0.05) is 56.6 Å². The Bertz CT molecular complexity index is 1220. The van der Waals surface area contributed by atoms with Crippen molar-refractivity contribution in [3.05, 3.63) is 71.9 Å². The second-order valence-corrected chi connectivity index (χ2v) is 9.68. The summed E-state index contributed by atoms with van der Waals surface area (Å²) in [5.41, 5.74) is 2.80. The summed E-state index contributed by atoms with van der Waals surface area (Å²) in [5.74, 6) is 2.18. The highest BCUT2D eigenvalue weighted by atomic mass is 35.5. The van der Waals surface area contributed by atoms with Gasteiger partial charge >= 0.3 is 6.03 Å². The predicted molar refractivity (Wildman–Crippen MR) is 134 cm³/mol. The first-order chi connectivity index (χ1) is 16.9. The minimum Gasteiger partial charge on any atom is -0.456 e. The van der Waals surface area contributed by atoms with Crippen LogP contribution < -0.4 is 9.64 Å². The number of hydrogen-bond donors (Lipinski definition) is 0. The first-order valence-electron chi connectivity index (χ1n) is 11.6. The summed E-state index contributed by atoms with van der Waals surface area (Å²) in [5, 5.41) is 12.5. The fraction of sp³-hybridized carbons (Fsp3) is 0.360. The van der Waals surface area contributed by atoms with Crippen molar-refractivity contribution >= 4 is 23.3 Å². The van der Waals surface area contributed by atoms with Crippen LogP contribution in [0.25, 0.3) is 0 Å². The molecule has 2 unspecified atom stereocenters. The molecule has 0 bridgehead atoms. The molecule has 9 nitrogen and oxygen atoms in total. The number of fused-ring (bicyclic) bond motifs is 1. The average Bonchev–Trinajstić information content (AvgIpc) is 3.56. The number of ether oxygens (including phenoxy) is 1. The summed E-state index contributed by atoms with van der Waals surface area (Å²) in [7, 11) is 1.91. The van der Waals surface area contributed by atoms with Crippen LogP contribution in [0.2, 0.25) is 5.02 Å². The molecule has 1 aromatic carbocycles. The van der Waals surface area contributed by atoms with Crippen molar-refractivity contribution in [3.8, 4) is 11.5 Å². The molecule has 2 aliphatic rings. The number of carbonyl (C=O) groups excluding carboxylic acids is 1. The van der Waals surface area contributed by atoms with Crippen LogP contribution in [0.5, 0.6) is 11.5 Å².